The molecule has 0 aliphatic rings. The number of anilines is 1. The van der Waals surface area contributed by atoms with E-state index >= 15 is 0 Å². The molecule has 2 heterocycles. The highest BCUT2D eigenvalue weighted by atomic mass is 31.2. The third-order valence-electron chi connectivity index (χ3n) is 3.46. The molecule has 4 N–H and O–H groups in total. The maximum Gasteiger partial charge on any atom is 0.280 e. The number of imidazole rings is 1. The Kier molecular flexibility index (Phi) is 4.69. The van der Waals surface area contributed by atoms with Gasteiger partial charge in [0.25, 0.3) is 5.56 Å². The minimum absolute atomic E-state index is 0.00570. The third kappa shape index (κ3) is 4.12. The van der Waals surface area contributed by atoms with Gasteiger partial charge in [0.15, 0.2) is 18.8 Å². The number of nitrogens with one attached hydrogen (secondary N) is 1. The van der Waals surface area contributed by atoms with E-state index in [0.29, 0.717) is 12.2 Å². The molecule has 0 amide bonds. The van der Waals surface area contributed by atoms with Crippen molar-refractivity contribution in [2.24, 2.45) is 0 Å². The van der Waals surface area contributed by atoms with Crippen LogP contribution in [0, 0.1) is 0 Å². The average Bonchev–Trinajstić information content (AvgIpc) is 2.91. The fourth-order valence-electron chi connectivity index (χ4n) is 2.39. The monoisotopic (exact) mass is 364 g/mol. The zero-order valence-electron chi connectivity index (χ0n) is 13.0. The van der Waals surface area contributed by atoms with E-state index in [-0.39, 0.29) is 18.1 Å². The van der Waals surface area contributed by atoms with Crippen molar-refractivity contribution in [3.8, 4) is 0 Å². The lowest BCUT2D eigenvalue weighted by Gasteiger charge is -2.16. The molecule has 0 aliphatic carbocycles. The Labute approximate surface area is 141 Å². The second kappa shape index (κ2) is 6.77. The van der Waals surface area contributed by atoms with Crippen molar-refractivity contribution in [3.63, 3.8) is 0 Å². The SMILES string of the molecule is Nc1nc2c(ncn2Cc2ccccc2COCP(=O)([O-])O)c(=O)[nH]1. The van der Waals surface area contributed by atoms with E-state index in [2.05, 4.69) is 15.0 Å². The van der Waals surface area contributed by atoms with Gasteiger partial charge in [0.2, 0.25) is 5.95 Å². The van der Waals surface area contributed by atoms with Crippen LogP contribution >= 0.6 is 7.60 Å². The summed E-state index contributed by atoms with van der Waals surface area (Å²) in [7, 11) is -4.47. The maximum atomic E-state index is 11.8. The lowest BCUT2D eigenvalue weighted by molar-refractivity contribution is -0.198. The van der Waals surface area contributed by atoms with Gasteiger partial charge in [-0.2, -0.15) is 4.98 Å². The summed E-state index contributed by atoms with van der Waals surface area (Å²) in [6.45, 7) is 0.339. The lowest BCUT2D eigenvalue weighted by atomic mass is 10.1. The summed E-state index contributed by atoms with van der Waals surface area (Å²) >= 11 is 0. The first kappa shape index (κ1) is 17.3. The number of rotatable bonds is 6. The van der Waals surface area contributed by atoms with E-state index in [1.54, 1.807) is 16.7 Å². The zero-order valence-corrected chi connectivity index (χ0v) is 13.8. The Balaban J connectivity index is 1.86. The van der Waals surface area contributed by atoms with Gasteiger partial charge in [0.1, 0.15) is 6.35 Å². The Morgan fingerprint density at radius 1 is 1.36 bits per heavy atom. The third-order valence-corrected chi connectivity index (χ3v) is 3.97. The first-order chi connectivity index (χ1) is 11.8. The van der Waals surface area contributed by atoms with E-state index in [1.165, 1.54) is 6.33 Å². The van der Waals surface area contributed by atoms with Crippen LogP contribution in [-0.2, 0) is 22.5 Å². The van der Waals surface area contributed by atoms with Crippen molar-refractivity contribution in [1.29, 1.82) is 0 Å². The van der Waals surface area contributed by atoms with Gasteiger partial charge in [0.05, 0.1) is 19.5 Å². The number of benzene rings is 1. The van der Waals surface area contributed by atoms with Gasteiger partial charge in [-0.3, -0.25) is 9.78 Å². The summed E-state index contributed by atoms with van der Waals surface area (Å²) in [4.78, 5) is 41.8. The van der Waals surface area contributed by atoms with Gasteiger partial charge >= 0.3 is 0 Å². The standard InChI is InChI=1S/C14H16N5O5P/c15-14-17-12-11(13(20)18-14)16-7-19(12)5-9-3-1-2-4-10(9)6-24-8-25(21,22)23/h1-4,7H,5-6,8H2,(H2,21,22,23)(H3,15,17,18,20)/p-1. The highest BCUT2D eigenvalue weighted by Crippen LogP contribution is 2.29. The summed E-state index contributed by atoms with van der Waals surface area (Å²) in [5.41, 5.74) is 7.22. The molecule has 0 radical (unpaired) electrons. The molecule has 3 rings (SSSR count). The van der Waals surface area contributed by atoms with E-state index in [9.17, 15) is 14.3 Å². The summed E-state index contributed by atoms with van der Waals surface area (Å²) in [6.07, 6.45) is 0.715. The number of nitrogen functional groups attached to an aromatic ring is 1. The summed E-state index contributed by atoms with van der Waals surface area (Å²) < 4.78 is 17.5. The molecule has 10 nitrogen and oxygen atoms in total. The molecule has 1 atom stereocenters. The van der Waals surface area contributed by atoms with Crippen molar-refractivity contribution in [2.45, 2.75) is 13.2 Å². The molecule has 1 aromatic carbocycles. The van der Waals surface area contributed by atoms with Crippen LogP contribution in [0.1, 0.15) is 11.1 Å². The van der Waals surface area contributed by atoms with Crippen LogP contribution in [0.15, 0.2) is 35.4 Å². The number of aromatic nitrogens is 4. The molecule has 0 fully saturated rings. The van der Waals surface area contributed by atoms with Crippen LogP contribution in [0.3, 0.4) is 0 Å². The van der Waals surface area contributed by atoms with Crippen LogP contribution in [-0.4, -0.2) is 30.8 Å². The van der Waals surface area contributed by atoms with Gasteiger partial charge in [-0.25, -0.2) is 4.98 Å². The van der Waals surface area contributed by atoms with E-state index in [0.717, 1.165) is 11.1 Å². The Morgan fingerprint density at radius 2 is 2.08 bits per heavy atom. The van der Waals surface area contributed by atoms with Crippen molar-refractivity contribution >= 4 is 24.7 Å². The highest BCUT2D eigenvalue weighted by Gasteiger charge is 2.11. The van der Waals surface area contributed by atoms with Crippen LogP contribution in [0.4, 0.5) is 5.95 Å². The minimum atomic E-state index is -4.47. The van der Waals surface area contributed by atoms with Crippen LogP contribution in [0.5, 0.6) is 0 Å². The number of aromatic amines is 1. The van der Waals surface area contributed by atoms with Gasteiger partial charge in [-0.1, -0.05) is 24.3 Å². The summed E-state index contributed by atoms with van der Waals surface area (Å²) in [5.74, 6) is -0.00925. The Hall–Kier alpha value is -2.52. The van der Waals surface area contributed by atoms with Gasteiger partial charge in [0, 0.05) is 0 Å². The van der Waals surface area contributed by atoms with Crippen LogP contribution in [0.25, 0.3) is 11.2 Å². The average molecular weight is 364 g/mol. The molecule has 0 saturated carbocycles. The van der Waals surface area contributed by atoms with Crippen molar-refractivity contribution < 1.29 is 19.1 Å². The summed E-state index contributed by atoms with van der Waals surface area (Å²) in [6, 6.07) is 7.20. The zero-order chi connectivity index (χ0) is 18.0. The van der Waals surface area contributed by atoms with Crippen molar-refractivity contribution in [1.82, 2.24) is 19.5 Å². The minimum Gasteiger partial charge on any atom is -0.777 e. The first-order valence-corrected chi connectivity index (χ1v) is 8.98. The Morgan fingerprint density at radius 3 is 2.80 bits per heavy atom. The molecule has 0 bridgehead atoms. The molecule has 1 unspecified atom stereocenters. The second-order valence-electron chi connectivity index (χ2n) is 5.38. The number of hydrogen-bond acceptors (Lipinski definition) is 7. The number of H-pyrrole nitrogens is 1. The van der Waals surface area contributed by atoms with E-state index < -0.39 is 19.5 Å². The fraction of sp³-hybridized carbons (Fsp3) is 0.214. The molecular formula is C14H15N5O5P-. The predicted octanol–water partition coefficient (Wildman–Crippen LogP) is -0.230. The molecule has 0 aliphatic heterocycles. The maximum absolute atomic E-state index is 11.8. The summed E-state index contributed by atoms with van der Waals surface area (Å²) in [5, 5.41) is 0. The first-order valence-electron chi connectivity index (χ1n) is 7.21. The molecule has 3 aromatic rings. The molecule has 25 heavy (non-hydrogen) atoms. The fourth-order valence-corrected chi connectivity index (χ4v) is 2.72. The largest absolute Gasteiger partial charge is 0.777 e. The van der Waals surface area contributed by atoms with Gasteiger partial charge in [-0.05, 0) is 11.1 Å². The van der Waals surface area contributed by atoms with Gasteiger partial charge < -0.3 is 29.4 Å². The quantitative estimate of drug-likeness (QED) is 0.506. The van der Waals surface area contributed by atoms with E-state index in [1.807, 2.05) is 12.1 Å². The number of nitrogens with zero attached hydrogens (tertiary/aromatic N) is 3. The second-order valence-corrected chi connectivity index (χ2v) is 6.91. The van der Waals surface area contributed by atoms with Crippen LogP contribution in [0.2, 0.25) is 0 Å². The van der Waals surface area contributed by atoms with E-state index in [4.69, 9.17) is 15.4 Å². The smallest absolute Gasteiger partial charge is 0.280 e. The normalized spacial score (nSPS) is 13.8. The molecule has 0 spiro atoms. The molecule has 0 saturated heterocycles. The Bertz CT molecular complexity index is 1010. The topological polar surface area (TPSA) is 159 Å². The van der Waals surface area contributed by atoms with Crippen molar-refractivity contribution in [3.05, 3.63) is 52.1 Å². The molecule has 11 heteroatoms. The number of nitrogens with two attached hydrogens (primary N) is 1. The lowest BCUT2D eigenvalue weighted by Crippen LogP contribution is -2.13. The number of ether oxygens (including phenoxy) is 1. The van der Waals surface area contributed by atoms with Gasteiger partial charge in [-0.15, -0.1) is 0 Å². The highest BCUT2D eigenvalue weighted by molar-refractivity contribution is 7.50. The molecular weight excluding hydrogens is 349 g/mol. The van der Waals surface area contributed by atoms with Crippen molar-refractivity contribution in [2.75, 3.05) is 12.1 Å². The molecule has 2 aromatic heterocycles. The number of hydrogen-bond donors (Lipinski definition) is 3. The predicted molar refractivity (Wildman–Crippen MR) is 87.6 cm³/mol. The van der Waals surface area contributed by atoms with Crippen LogP contribution < -0.4 is 16.2 Å². The number of fused-ring (bicyclic) bond motifs is 1. The molecule has 132 valence electrons.